The monoisotopic (exact) mass is 374 g/mol. The molecule has 0 aliphatic carbocycles. The number of benzene rings is 2. The predicted octanol–water partition coefficient (Wildman–Crippen LogP) is 5.28. The third-order valence-corrected chi connectivity index (χ3v) is 4.24. The molecule has 0 bridgehead atoms. The van der Waals surface area contributed by atoms with Gasteiger partial charge in [0.05, 0.1) is 11.2 Å². The number of aromatic nitrogens is 2. The maximum absolute atomic E-state index is 12.7. The van der Waals surface area contributed by atoms with Crippen molar-refractivity contribution in [2.75, 3.05) is 10.6 Å². The van der Waals surface area contributed by atoms with E-state index in [2.05, 4.69) is 20.6 Å². The molecule has 6 heteroatoms. The molecule has 0 radical (unpaired) electrons. The predicted molar refractivity (Wildman–Crippen MR) is 109 cm³/mol. The molecule has 0 unspecified atom stereocenters. The zero-order chi connectivity index (χ0) is 18.6. The first-order chi connectivity index (χ1) is 13.2. The molecule has 2 aromatic heterocycles. The van der Waals surface area contributed by atoms with E-state index in [0.717, 1.165) is 16.6 Å². The van der Waals surface area contributed by atoms with Gasteiger partial charge in [0.15, 0.2) is 0 Å². The van der Waals surface area contributed by atoms with Gasteiger partial charge in [0.25, 0.3) is 5.91 Å². The second-order valence-corrected chi connectivity index (χ2v) is 6.34. The summed E-state index contributed by atoms with van der Waals surface area (Å²) in [6.07, 6.45) is 3.29. The van der Waals surface area contributed by atoms with E-state index in [1.165, 1.54) is 0 Å². The van der Waals surface area contributed by atoms with Crippen molar-refractivity contribution >= 4 is 45.6 Å². The molecule has 2 aromatic carbocycles. The second kappa shape index (κ2) is 7.43. The number of carbonyl (C=O) groups excluding carboxylic acids is 1. The van der Waals surface area contributed by atoms with Crippen LogP contribution in [0.5, 0.6) is 0 Å². The molecular formula is C21H15ClN4O. The molecule has 5 nitrogen and oxygen atoms in total. The number of rotatable bonds is 4. The van der Waals surface area contributed by atoms with Crippen LogP contribution >= 0.6 is 11.6 Å². The van der Waals surface area contributed by atoms with Crippen LogP contribution in [0.25, 0.3) is 10.9 Å². The van der Waals surface area contributed by atoms with E-state index < -0.39 is 0 Å². The smallest absolute Gasteiger partial charge is 0.255 e. The Balaban J connectivity index is 1.57. The molecule has 132 valence electrons. The summed E-state index contributed by atoms with van der Waals surface area (Å²) in [4.78, 5) is 21.3. The molecule has 0 spiro atoms. The highest BCUT2D eigenvalue weighted by Gasteiger charge is 2.10. The van der Waals surface area contributed by atoms with Crippen LogP contribution in [0.15, 0.2) is 79.1 Å². The summed E-state index contributed by atoms with van der Waals surface area (Å²) in [7, 11) is 0. The Kier molecular flexibility index (Phi) is 4.68. The number of nitrogens with one attached hydrogen (secondary N) is 2. The number of halogens is 1. The highest BCUT2D eigenvalue weighted by Crippen LogP contribution is 2.22. The van der Waals surface area contributed by atoms with Crippen LogP contribution in [0.2, 0.25) is 5.02 Å². The lowest BCUT2D eigenvalue weighted by Crippen LogP contribution is -2.13. The largest absolute Gasteiger partial charge is 0.340 e. The number of nitrogens with zero attached hydrogens (tertiary/aromatic N) is 2. The highest BCUT2D eigenvalue weighted by atomic mass is 35.5. The number of carbonyl (C=O) groups is 1. The molecule has 4 rings (SSSR count). The normalized spacial score (nSPS) is 10.6. The minimum Gasteiger partial charge on any atom is -0.340 e. The van der Waals surface area contributed by atoms with Gasteiger partial charge in [0, 0.05) is 34.1 Å². The molecular weight excluding hydrogens is 360 g/mol. The van der Waals surface area contributed by atoms with E-state index in [1.807, 2.05) is 42.5 Å². The van der Waals surface area contributed by atoms with Gasteiger partial charge >= 0.3 is 0 Å². The number of amides is 1. The van der Waals surface area contributed by atoms with Crippen molar-refractivity contribution in [2.24, 2.45) is 0 Å². The van der Waals surface area contributed by atoms with Crippen molar-refractivity contribution in [3.8, 4) is 0 Å². The van der Waals surface area contributed by atoms with Gasteiger partial charge in [-0.05, 0) is 42.5 Å². The van der Waals surface area contributed by atoms with E-state index in [1.54, 1.807) is 36.7 Å². The summed E-state index contributed by atoms with van der Waals surface area (Å²) >= 11 is 6.00. The fourth-order valence-corrected chi connectivity index (χ4v) is 2.94. The van der Waals surface area contributed by atoms with Crippen molar-refractivity contribution in [1.29, 1.82) is 0 Å². The average molecular weight is 375 g/mol. The summed E-state index contributed by atoms with van der Waals surface area (Å²) in [5.41, 5.74) is 2.70. The summed E-state index contributed by atoms with van der Waals surface area (Å²) in [5, 5.41) is 7.66. The fraction of sp³-hybridized carbons (Fsp3) is 0. The number of hydrogen-bond donors (Lipinski definition) is 2. The van der Waals surface area contributed by atoms with Gasteiger partial charge in [-0.25, -0.2) is 4.98 Å². The van der Waals surface area contributed by atoms with Gasteiger partial charge in [-0.15, -0.1) is 0 Å². The first-order valence-corrected chi connectivity index (χ1v) is 8.70. The lowest BCUT2D eigenvalue weighted by Gasteiger charge is -2.10. The first kappa shape index (κ1) is 17.0. The number of hydrogen-bond acceptors (Lipinski definition) is 4. The van der Waals surface area contributed by atoms with E-state index in [-0.39, 0.29) is 5.91 Å². The van der Waals surface area contributed by atoms with Crippen molar-refractivity contribution in [3.05, 3.63) is 89.7 Å². The van der Waals surface area contributed by atoms with Crippen molar-refractivity contribution < 1.29 is 4.79 Å². The van der Waals surface area contributed by atoms with Crippen LogP contribution in [0.4, 0.5) is 17.2 Å². The summed E-state index contributed by atoms with van der Waals surface area (Å²) < 4.78 is 0. The van der Waals surface area contributed by atoms with Gasteiger partial charge < -0.3 is 10.6 Å². The lowest BCUT2D eigenvalue weighted by molar-refractivity contribution is 0.102. The summed E-state index contributed by atoms with van der Waals surface area (Å²) in [5.74, 6) is 0.325. The fourth-order valence-electron chi connectivity index (χ4n) is 2.75. The number of pyridine rings is 2. The standard InChI is InChI=1S/C21H15ClN4O/c22-16-6-2-7-17(13-16)25-19-12-15(9-11-23-19)21(27)26-18-8-1-4-14-5-3-10-24-20(14)18/h1-13H,(H,23,25)(H,26,27). The zero-order valence-corrected chi connectivity index (χ0v) is 14.9. The molecule has 0 fully saturated rings. The lowest BCUT2D eigenvalue weighted by atomic mass is 10.1. The Labute approximate surface area is 161 Å². The maximum Gasteiger partial charge on any atom is 0.255 e. The van der Waals surface area contributed by atoms with Crippen molar-refractivity contribution in [2.45, 2.75) is 0 Å². The van der Waals surface area contributed by atoms with Gasteiger partial charge in [0.1, 0.15) is 5.82 Å². The Morgan fingerprint density at radius 3 is 2.63 bits per heavy atom. The molecule has 2 N–H and O–H groups in total. The SMILES string of the molecule is O=C(Nc1cccc2cccnc12)c1ccnc(Nc2cccc(Cl)c2)c1. The van der Waals surface area contributed by atoms with Crippen LogP contribution < -0.4 is 10.6 Å². The Morgan fingerprint density at radius 1 is 0.889 bits per heavy atom. The molecule has 27 heavy (non-hydrogen) atoms. The first-order valence-electron chi connectivity index (χ1n) is 8.33. The van der Waals surface area contributed by atoms with E-state index in [9.17, 15) is 4.79 Å². The number of fused-ring (bicyclic) bond motifs is 1. The van der Waals surface area contributed by atoms with Gasteiger partial charge in [0.2, 0.25) is 0 Å². The Hall–Kier alpha value is -3.44. The van der Waals surface area contributed by atoms with Crippen molar-refractivity contribution in [3.63, 3.8) is 0 Å². The van der Waals surface area contributed by atoms with Crippen LogP contribution in [-0.4, -0.2) is 15.9 Å². The van der Waals surface area contributed by atoms with E-state index >= 15 is 0 Å². The van der Waals surface area contributed by atoms with Crippen molar-refractivity contribution in [1.82, 2.24) is 9.97 Å². The molecule has 0 aliphatic heterocycles. The number of para-hydroxylation sites is 1. The minimum absolute atomic E-state index is 0.232. The van der Waals surface area contributed by atoms with Crippen LogP contribution in [0.1, 0.15) is 10.4 Å². The maximum atomic E-state index is 12.7. The van der Waals surface area contributed by atoms with Crippen LogP contribution in [-0.2, 0) is 0 Å². The quantitative estimate of drug-likeness (QED) is 0.510. The molecule has 1 amide bonds. The molecule has 0 atom stereocenters. The molecule has 4 aromatic rings. The Morgan fingerprint density at radius 2 is 1.74 bits per heavy atom. The average Bonchev–Trinajstić information content (AvgIpc) is 2.68. The van der Waals surface area contributed by atoms with E-state index in [0.29, 0.717) is 22.1 Å². The topological polar surface area (TPSA) is 66.9 Å². The van der Waals surface area contributed by atoms with E-state index in [4.69, 9.17) is 11.6 Å². The van der Waals surface area contributed by atoms with Gasteiger partial charge in [-0.1, -0.05) is 35.9 Å². The zero-order valence-electron chi connectivity index (χ0n) is 14.2. The van der Waals surface area contributed by atoms with Crippen LogP contribution in [0, 0.1) is 0 Å². The highest BCUT2D eigenvalue weighted by molar-refractivity contribution is 6.30. The number of anilines is 3. The minimum atomic E-state index is -0.232. The molecule has 0 saturated heterocycles. The molecule has 0 aliphatic rings. The third kappa shape index (κ3) is 3.88. The van der Waals surface area contributed by atoms with Gasteiger partial charge in [-0.3, -0.25) is 9.78 Å². The molecule has 0 saturated carbocycles. The summed E-state index contributed by atoms with van der Waals surface area (Å²) in [6.45, 7) is 0. The molecule has 2 heterocycles. The second-order valence-electron chi connectivity index (χ2n) is 5.90. The summed E-state index contributed by atoms with van der Waals surface area (Å²) in [6, 6.07) is 20.2. The van der Waals surface area contributed by atoms with Gasteiger partial charge in [-0.2, -0.15) is 0 Å². The Bertz CT molecular complexity index is 1120. The van der Waals surface area contributed by atoms with Crippen LogP contribution in [0.3, 0.4) is 0 Å². The third-order valence-electron chi connectivity index (χ3n) is 4.00.